The molecule has 0 amide bonds. The first kappa shape index (κ1) is 13.0. The van der Waals surface area contributed by atoms with Crippen molar-refractivity contribution in [2.24, 2.45) is 0 Å². The molecule has 0 aromatic carbocycles. The van der Waals surface area contributed by atoms with Gasteiger partial charge in [0.1, 0.15) is 0 Å². The van der Waals surface area contributed by atoms with E-state index >= 15 is 0 Å². The molecule has 1 aliphatic rings. The summed E-state index contributed by atoms with van der Waals surface area (Å²) in [6.07, 6.45) is 9.83. The van der Waals surface area contributed by atoms with Crippen molar-refractivity contribution in [2.45, 2.75) is 37.4 Å². The van der Waals surface area contributed by atoms with Crippen molar-refractivity contribution in [2.75, 3.05) is 12.4 Å². The minimum atomic E-state index is 0.496. The van der Waals surface area contributed by atoms with Crippen LogP contribution in [0.25, 0.3) is 0 Å². The van der Waals surface area contributed by atoms with Gasteiger partial charge in [0, 0.05) is 23.4 Å². The molecule has 0 bridgehead atoms. The first-order valence-electron chi connectivity index (χ1n) is 6.13. The van der Waals surface area contributed by atoms with E-state index in [1.807, 2.05) is 10.8 Å². The number of aromatic nitrogens is 2. The fourth-order valence-corrected chi connectivity index (χ4v) is 4.77. The highest BCUT2D eigenvalue weighted by Crippen LogP contribution is 2.39. The number of unbranched alkanes of at least 4 members (excludes halogenated alkanes) is 2. The van der Waals surface area contributed by atoms with Crippen LogP contribution in [0.4, 0.5) is 0 Å². The molecular formula is C12H18N2OS2. The van der Waals surface area contributed by atoms with Gasteiger partial charge in [0.25, 0.3) is 0 Å². The highest BCUT2D eigenvalue weighted by molar-refractivity contribution is 8.77. The SMILES string of the molecule is c1cnc(OCCCCC[C@@H]2CCSS2)nc1. The lowest BCUT2D eigenvalue weighted by molar-refractivity contribution is 0.281. The zero-order valence-corrected chi connectivity index (χ0v) is 11.5. The largest absolute Gasteiger partial charge is 0.463 e. The smallest absolute Gasteiger partial charge is 0.316 e. The summed E-state index contributed by atoms with van der Waals surface area (Å²) in [5.74, 6) is 1.34. The van der Waals surface area contributed by atoms with Crippen molar-refractivity contribution in [3.63, 3.8) is 0 Å². The van der Waals surface area contributed by atoms with Crippen molar-refractivity contribution in [3.8, 4) is 6.01 Å². The molecule has 1 aliphatic heterocycles. The Labute approximate surface area is 111 Å². The molecule has 0 N–H and O–H groups in total. The predicted molar refractivity (Wildman–Crippen MR) is 74.4 cm³/mol. The number of hydrogen-bond donors (Lipinski definition) is 0. The topological polar surface area (TPSA) is 35.0 Å². The van der Waals surface area contributed by atoms with E-state index < -0.39 is 0 Å². The zero-order valence-electron chi connectivity index (χ0n) is 9.88. The van der Waals surface area contributed by atoms with Gasteiger partial charge in [-0.25, -0.2) is 9.97 Å². The van der Waals surface area contributed by atoms with Crippen LogP contribution in [0.1, 0.15) is 32.1 Å². The third-order valence-corrected chi connectivity index (χ3v) is 5.68. The normalized spacial score (nSPS) is 19.4. The van der Waals surface area contributed by atoms with Crippen LogP contribution in [-0.4, -0.2) is 27.6 Å². The average Bonchev–Trinajstić information content (AvgIpc) is 2.88. The molecule has 1 saturated heterocycles. The van der Waals surface area contributed by atoms with Gasteiger partial charge in [0.2, 0.25) is 0 Å². The summed E-state index contributed by atoms with van der Waals surface area (Å²) in [5, 5.41) is 0.901. The van der Waals surface area contributed by atoms with Gasteiger partial charge < -0.3 is 4.74 Å². The summed E-state index contributed by atoms with van der Waals surface area (Å²) in [5.41, 5.74) is 0. The van der Waals surface area contributed by atoms with Crippen molar-refractivity contribution >= 4 is 21.6 Å². The van der Waals surface area contributed by atoms with Gasteiger partial charge in [-0.3, -0.25) is 0 Å². The molecule has 0 saturated carbocycles. The molecule has 1 aromatic heterocycles. The van der Waals surface area contributed by atoms with Crippen molar-refractivity contribution in [3.05, 3.63) is 18.5 Å². The summed E-state index contributed by atoms with van der Waals surface area (Å²) in [4.78, 5) is 8.04. The van der Waals surface area contributed by atoms with Crippen molar-refractivity contribution in [1.82, 2.24) is 9.97 Å². The van der Waals surface area contributed by atoms with Crippen LogP contribution in [0.3, 0.4) is 0 Å². The van der Waals surface area contributed by atoms with E-state index in [1.165, 1.54) is 31.4 Å². The van der Waals surface area contributed by atoms with Gasteiger partial charge >= 0.3 is 6.01 Å². The van der Waals surface area contributed by atoms with E-state index in [9.17, 15) is 0 Å². The second-order valence-corrected chi connectivity index (χ2v) is 6.85. The highest BCUT2D eigenvalue weighted by atomic mass is 33.1. The second kappa shape index (κ2) is 7.82. The molecule has 1 atom stereocenters. The Morgan fingerprint density at radius 2 is 2.12 bits per heavy atom. The Morgan fingerprint density at radius 1 is 1.24 bits per heavy atom. The molecule has 17 heavy (non-hydrogen) atoms. The summed E-state index contributed by atoms with van der Waals surface area (Å²) in [6.45, 7) is 0.733. The molecule has 1 aromatic rings. The highest BCUT2D eigenvalue weighted by Gasteiger charge is 2.15. The van der Waals surface area contributed by atoms with Crippen LogP contribution in [-0.2, 0) is 0 Å². The third kappa shape index (κ3) is 5.17. The minimum Gasteiger partial charge on any atom is -0.463 e. The van der Waals surface area contributed by atoms with Gasteiger partial charge in [-0.05, 0) is 25.3 Å². The number of ether oxygens (including phenoxy) is 1. The van der Waals surface area contributed by atoms with Gasteiger partial charge in [0.05, 0.1) is 6.61 Å². The standard InChI is InChI=1S/C12H18N2OS2/c1(2-5-11-6-10-16-17-11)3-9-15-12-13-7-4-8-14-12/h4,7-8,11H,1-3,5-6,9-10H2/t11-/m1/s1. The molecule has 0 radical (unpaired) electrons. The van der Waals surface area contributed by atoms with E-state index in [0.717, 1.165) is 18.3 Å². The van der Waals surface area contributed by atoms with E-state index in [4.69, 9.17) is 4.74 Å². The fraction of sp³-hybridized carbons (Fsp3) is 0.667. The van der Waals surface area contributed by atoms with E-state index in [2.05, 4.69) is 20.8 Å². The average molecular weight is 270 g/mol. The van der Waals surface area contributed by atoms with Gasteiger partial charge in [-0.1, -0.05) is 34.4 Å². The lowest BCUT2D eigenvalue weighted by atomic mass is 10.1. The van der Waals surface area contributed by atoms with Crippen LogP contribution in [0.5, 0.6) is 6.01 Å². The van der Waals surface area contributed by atoms with E-state index in [0.29, 0.717) is 6.01 Å². The van der Waals surface area contributed by atoms with Crippen molar-refractivity contribution < 1.29 is 4.74 Å². The molecule has 2 heterocycles. The Hall–Kier alpha value is -0.420. The van der Waals surface area contributed by atoms with Crippen LogP contribution < -0.4 is 4.74 Å². The first-order valence-corrected chi connectivity index (χ1v) is 8.51. The molecule has 2 rings (SSSR count). The molecular weight excluding hydrogens is 252 g/mol. The van der Waals surface area contributed by atoms with E-state index in [1.54, 1.807) is 18.5 Å². The third-order valence-electron chi connectivity index (χ3n) is 2.67. The minimum absolute atomic E-state index is 0.496. The maximum absolute atomic E-state index is 5.45. The molecule has 5 heteroatoms. The predicted octanol–water partition coefficient (Wildman–Crippen LogP) is 3.57. The maximum Gasteiger partial charge on any atom is 0.316 e. The quantitative estimate of drug-likeness (QED) is 0.559. The number of hydrogen-bond acceptors (Lipinski definition) is 5. The number of nitrogens with zero attached hydrogens (tertiary/aromatic N) is 2. The summed E-state index contributed by atoms with van der Waals surface area (Å²) in [6, 6.07) is 2.29. The lowest BCUT2D eigenvalue weighted by Crippen LogP contribution is -2.01. The van der Waals surface area contributed by atoms with Crippen LogP contribution >= 0.6 is 21.6 Å². The second-order valence-electron chi connectivity index (χ2n) is 4.06. The fourth-order valence-electron chi connectivity index (χ4n) is 1.74. The molecule has 1 fully saturated rings. The Bertz CT molecular complexity index is 305. The summed E-state index contributed by atoms with van der Waals surface area (Å²) in [7, 11) is 4.09. The summed E-state index contributed by atoms with van der Waals surface area (Å²) < 4.78 is 5.45. The zero-order chi connectivity index (χ0) is 11.8. The molecule has 3 nitrogen and oxygen atoms in total. The maximum atomic E-state index is 5.45. The van der Waals surface area contributed by atoms with Gasteiger partial charge in [-0.15, -0.1) is 0 Å². The monoisotopic (exact) mass is 270 g/mol. The van der Waals surface area contributed by atoms with Gasteiger partial charge in [-0.2, -0.15) is 0 Å². The Morgan fingerprint density at radius 3 is 2.88 bits per heavy atom. The molecule has 0 unspecified atom stereocenters. The molecule has 94 valence electrons. The Balaban J connectivity index is 1.46. The van der Waals surface area contributed by atoms with Crippen molar-refractivity contribution in [1.29, 1.82) is 0 Å². The molecule has 0 aliphatic carbocycles. The van der Waals surface area contributed by atoms with E-state index in [-0.39, 0.29) is 0 Å². The van der Waals surface area contributed by atoms with Crippen LogP contribution in [0.2, 0.25) is 0 Å². The first-order chi connectivity index (χ1) is 8.45. The van der Waals surface area contributed by atoms with Gasteiger partial charge in [0.15, 0.2) is 0 Å². The molecule has 0 spiro atoms. The number of rotatable bonds is 7. The summed E-state index contributed by atoms with van der Waals surface area (Å²) >= 11 is 0. The van der Waals surface area contributed by atoms with Crippen LogP contribution in [0.15, 0.2) is 18.5 Å². The lowest BCUT2D eigenvalue weighted by Gasteiger charge is -2.07. The Kier molecular flexibility index (Phi) is 5.99. The van der Waals surface area contributed by atoms with Crippen LogP contribution in [0, 0.1) is 0 Å².